The molecule has 0 bridgehead atoms. The van der Waals surface area contributed by atoms with Crippen LogP contribution in [0.1, 0.15) is 40.5 Å². The van der Waals surface area contributed by atoms with Gasteiger partial charge in [-0.1, -0.05) is 40.5 Å². The van der Waals surface area contributed by atoms with E-state index in [1.54, 1.807) is 14.1 Å². The van der Waals surface area contributed by atoms with Gasteiger partial charge in [-0.25, -0.2) is 0 Å². The maximum atomic E-state index is 11.3. The highest BCUT2D eigenvalue weighted by molar-refractivity contribution is 5.93. The Bertz CT molecular complexity index is 246. The highest BCUT2D eigenvalue weighted by Crippen LogP contribution is 2.09. The van der Waals surface area contributed by atoms with E-state index in [0.29, 0.717) is 12.0 Å². The number of hydrogen-bond donors (Lipinski definition) is 1. The van der Waals surface area contributed by atoms with Gasteiger partial charge in [0.25, 0.3) is 0 Å². The van der Waals surface area contributed by atoms with Crippen molar-refractivity contribution in [1.82, 2.24) is 10.2 Å². The Morgan fingerprint density at radius 3 is 2.00 bits per heavy atom. The van der Waals surface area contributed by atoms with Gasteiger partial charge >= 0.3 is 0 Å². The van der Waals surface area contributed by atoms with E-state index in [0.717, 1.165) is 0 Å². The third kappa shape index (κ3) is 9.60. The molecule has 0 spiro atoms. The summed E-state index contributed by atoms with van der Waals surface area (Å²) in [6.07, 6.45) is 4.84. The number of rotatable bonds is 5. The fraction of sp³-hybridized carbons (Fsp3) is 0.692. The zero-order chi connectivity index (χ0) is 13.8. The first-order valence-electron chi connectivity index (χ1n) is 6.05. The van der Waals surface area contributed by atoms with Crippen LogP contribution >= 0.6 is 0 Å². The third-order valence-corrected chi connectivity index (χ3v) is 2.12. The molecule has 0 aromatic carbocycles. The molecular weight excluding hydrogens is 216 g/mol. The van der Waals surface area contributed by atoms with E-state index in [-0.39, 0.29) is 11.8 Å². The average molecular weight is 242 g/mol. The number of unbranched alkanes of at least 4 members (excludes halogenated alkanes) is 1. The molecule has 17 heavy (non-hydrogen) atoms. The van der Waals surface area contributed by atoms with Crippen LogP contribution in [0.5, 0.6) is 0 Å². The molecule has 4 nitrogen and oxygen atoms in total. The topological polar surface area (TPSA) is 49.4 Å². The number of hydrogen-bond acceptors (Lipinski definition) is 2. The maximum absolute atomic E-state index is 11.3. The number of likely N-dealkylation sites (N-methyl/N-ethyl adjacent to an activating group) is 1. The lowest BCUT2D eigenvalue weighted by Crippen LogP contribution is -2.25. The predicted molar refractivity (Wildman–Crippen MR) is 71.4 cm³/mol. The van der Waals surface area contributed by atoms with E-state index in [9.17, 15) is 9.59 Å². The van der Waals surface area contributed by atoms with Gasteiger partial charge in [0.1, 0.15) is 0 Å². The van der Waals surface area contributed by atoms with Crippen LogP contribution in [0.2, 0.25) is 0 Å². The van der Waals surface area contributed by atoms with Gasteiger partial charge in [0.05, 0.1) is 0 Å². The van der Waals surface area contributed by atoms with Crippen LogP contribution in [0.3, 0.4) is 0 Å². The maximum Gasteiger partial charge on any atom is 0.248 e. The van der Waals surface area contributed by atoms with Crippen molar-refractivity contribution in [2.45, 2.75) is 40.5 Å². The zero-order valence-electron chi connectivity index (χ0n) is 11.9. The summed E-state index contributed by atoms with van der Waals surface area (Å²) >= 11 is 0. The second kappa shape index (κ2) is 11.2. The summed E-state index contributed by atoms with van der Waals surface area (Å²) in [4.78, 5) is 22.9. The minimum absolute atomic E-state index is 0.0994. The Hall–Kier alpha value is -1.32. The molecule has 4 heteroatoms. The first-order chi connectivity index (χ1) is 7.94. The molecular formula is C13H26N2O2. The number of nitrogens with zero attached hydrogens (tertiary/aromatic N) is 1. The van der Waals surface area contributed by atoms with Crippen LogP contribution in [-0.4, -0.2) is 31.3 Å². The second-order valence-corrected chi connectivity index (χ2v) is 4.09. The minimum atomic E-state index is -0.149. The number of nitrogens with one attached hydrogen (secondary N) is 1. The van der Waals surface area contributed by atoms with Crippen LogP contribution in [0.25, 0.3) is 0 Å². The molecule has 0 heterocycles. The van der Waals surface area contributed by atoms with E-state index in [2.05, 4.69) is 19.2 Å². The molecule has 0 fully saturated rings. The van der Waals surface area contributed by atoms with E-state index in [1.165, 1.54) is 23.9 Å². The molecule has 0 aliphatic carbocycles. The van der Waals surface area contributed by atoms with E-state index in [4.69, 9.17) is 0 Å². The first-order valence-corrected chi connectivity index (χ1v) is 6.05. The lowest BCUT2D eigenvalue weighted by atomic mass is 10.0. The van der Waals surface area contributed by atoms with E-state index in [1.807, 2.05) is 13.8 Å². The molecule has 0 rings (SSSR count). The van der Waals surface area contributed by atoms with Crippen molar-refractivity contribution in [2.75, 3.05) is 14.1 Å². The van der Waals surface area contributed by atoms with Crippen molar-refractivity contribution < 1.29 is 9.59 Å². The van der Waals surface area contributed by atoms with Crippen LogP contribution in [-0.2, 0) is 9.59 Å². The van der Waals surface area contributed by atoms with Crippen molar-refractivity contribution in [3.8, 4) is 0 Å². The minimum Gasteiger partial charge on any atom is -0.355 e. The number of amides is 2. The number of carbonyl (C=O) groups is 2. The molecule has 0 unspecified atom stereocenters. The average Bonchev–Trinajstić information content (AvgIpc) is 2.34. The largest absolute Gasteiger partial charge is 0.355 e. The van der Waals surface area contributed by atoms with Crippen molar-refractivity contribution in [2.24, 2.45) is 5.92 Å². The Morgan fingerprint density at radius 2 is 1.76 bits per heavy atom. The summed E-state index contributed by atoms with van der Waals surface area (Å²) in [6, 6.07) is 0. The van der Waals surface area contributed by atoms with Crippen LogP contribution in [0, 0.1) is 5.92 Å². The summed E-state index contributed by atoms with van der Waals surface area (Å²) in [5.74, 6) is -0.0500. The van der Waals surface area contributed by atoms with Crippen molar-refractivity contribution in [3.05, 3.63) is 11.8 Å². The first kappa shape index (κ1) is 18.1. The van der Waals surface area contributed by atoms with Gasteiger partial charge in [-0.3, -0.25) is 9.59 Å². The highest BCUT2D eigenvalue weighted by Gasteiger charge is 2.11. The molecule has 1 N–H and O–H groups in total. The Morgan fingerprint density at radius 1 is 1.29 bits per heavy atom. The normalized spacial score (nSPS) is 10.4. The smallest absolute Gasteiger partial charge is 0.248 e. The fourth-order valence-electron chi connectivity index (χ4n) is 0.864. The Labute approximate surface area is 105 Å². The van der Waals surface area contributed by atoms with E-state index >= 15 is 0 Å². The molecule has 0 radical (unpaired) electrons. The van der Waals surface area contributed by atoms with Crippen LogP contribution < -0.4 is 5.32 Å². The molecule has 100 valence electrons. The van der Waals surface area contributed by atoms with Gasteiger partial charge in [-0.15, -0.1) is 0 Å². The molecule has 2 amide bonds. The quantitative estimate of drug-likeness (QED) is 0.593. The lowest BCUT2D eigenvalue weighted by molar-refractivity contribution is -0.117. The molecule has 0 aliphatic rings. The molecule has 0 saturated heterocycles. The summed E-state index contributed by atoms with van der Waals surface area (Å²) in [5, 5.41) is 2.53. The molecule has 0 saturated carbocycles. The molecule has 0 aromatic rings. The summed E-state index contributed by atoms with van der Waals surface area (Å²) in [5.41, 5.74) is 0.595. The van der Waals surface area contributed by atoms with Gasteiger partial charge in [-0.2, -0.15) is 0 Å². The zero-order valence-corrected chi connectivity index (χ0v) is 11.9. The van der Waals surface area contributed by atoms with Crippen LogP contribution in [0.15, 0.2) is 11.8 Å². The Kier molecular flexibility index (Phi) is 11.9. The summed E-state index contributed by atoms with van der Waals surface area (Å²) in [6.45, 7) is 8.17. The SMILES string of the molecule is CCCC.CNC(=O)/C(=C\N(C)C=O)C(C)C. The number of carbonyl (C=O) groups excluding carboxylic acids is 2. The second-order valence-electron chi connectivity index (χ2n) is 4.09. The Balaban J connectivity index is 0. The predicted octanol–water partition coefficient (Wildman–Crippen LogP) is 2.17. The van der Waals surface area contributed by atoms with Crippen molar-refractivity contribution in [1.29, 1.82) is 0 Å². The van der Waals surface area contributed by atoms with Crippen LogP contribution in [0.4, 0.5) is 0 Å². The van der Waals surface area contributed by atoms with Crippen molar-refractivity contribution in [3.63, 3.8) is 0 Å². The third-order valence-electron chi connectivity index (χ3n) is 2.12. The molecule has 0 aliphatic heterocycles. The lowest BCUT2D eigenvalue weighted by Gasteiger charge is -2.12. The van der Waals surface area contributed by atoms with Gasteiger partial charge in [-0.05, 0) is 5.92 Å². The van der Waals surface area contributed by atoms with Crippen molar-refractivity contribution >= 4 is 12.3 Å². The molecule has 0 atom stereocenters. The summed E-state index contributed by atoms with van der Waals surface area (Å²) < 4.78 is 0. The monoisotopic (exact) mass is 242 g/mol. The van der Waals surface area contributed by atoms with E-state index < -0.39 is 0 Å². The highest BCUT2D eigenvalue weighted by atomic mass is 16.2. The van der Waals surface area contributed by atoms with Gasteiger partial charge < -0.3 is 10.2 Å². The summed E-state index contributed by atoms with van der Waals surface area (Å²) in [7, 11) is 3.16. The van der Waals surface area contributed by atoms with Gasteiger partial charge in [0.15, 0.2) is 0 Å². The van der Waals surface area contributed by atoms with Gasteiger partial charge in [0, 0.05) is 25.9 Å². The fourth-order valence-corrected chi connectivity index (χ4v) is 0.864. The standard InChI is InChI=1S/C9H16N2O2.C4H10/c1-7(2)8(9(13)10-3)5-11(4)6-12;1-3-4-2/h5-7H,1-4H3,(H,10,13);3-4H2,1-2H3/b8-5-;. The van der Waals surface area contributed by atoms with Gasteiger partial charge in [0.2, 0.25) is 12.3 Å². The molecule has 0 aromatic heterocycles.